The summed E-state index contributed by atoms with van der Waals surface area (Å²) in [6.07, 6.45) is 11.0. The highest BCUT2D eigenvalue weighted by atomic mass is 32.2. The number of allylic oxidation sites excluding steroid dienone is 1. The number of ketones is 1. The Balaban J connectivity index is 2.21. The Hall–Kier alpha value is -1.44. The summed E-state index contributed by atoms with van der Waals surface area (Å²) in [4.78, 5) is 30.4. The maximum atomic E-state index is 13.1. The van der Waals surface area contributed by atoms with Crippen LogP contribution >= 0.6 is 23.1 Å². The van der Waals surface area contributed by atoms with Crippen molar-refractivity contribution in [3.8, 4) is 0 Å². The lowest BCUT2D eigenvalue weighted by molar-refractivity contribution is -0.148. The number of aliphatic hydroxyl groups excluding tert-OH is 1. The van der Waals surface area contributed by atoms with Crippen molar-refractivity contribution in [2.75, 3.05) is 6.26 Å². The number of hydrogen-bond acceptors (Lipinski definition) is 7. The first kappa shape index (κ1) is 27.8. The number of carbonyl (C=O) groups excluding carboxylic acids is 2. The molecule has 184 valence electrons. The van der Waals surface area contributed by atoms with E-state index in [1.807, 2.05) is 45.4 Å². The number of esters is 1. The molecule has 0 aliphatic carbocycles. The van der Waals surface area contributed by atoms with Crippen molar-refractivity contribution in [1.82, 2.24) is 4.98 Å². The van der Waals surface area contributed by atoms with Gasteiger partial charge in [-0.25, -0.2) is 4.98 Å². The van der Waals surface area contributed by atoms with Crippen molar-refractivity contribution < 1.29 is 19.4 Å². The first-order valence-corrected chi connectivity index (χ1v) is 13.9. The van der Waals surface area contributed by atoms with Crippen molar-refractivity contribution in [1.29, 1.82) is 0 Å². The van der Waals surface area contributed by atoms with Crippen LogP contribution in [0.4, 0.5) is 0 Å². The van der Waals surface area contributed by atoms with Crippen LogP contribution in [-0.2, 0) is 14.3 Å². The van der Waals surface area contributed by atoms with Gasteiger partial charge in [-0.05, 0) is 56.4 Å². The van der Waals surface area contributed by atoms with Crippen molar-refractivity contribution in [3.05, 3.63) is 28.8 Å². The molecule has 1 N–H and O–H groups in total. The Bertz CT molecular complexity index is 858. The second-order valence-electron chi connectivity index (χ2n) is 9.75. The van der Waals surface area contributed by atoms with Crippen LogP contribution in [0.3, 0.4) is 0 Å². The monoisotopic (exact) mass is 493 g/mol. The molecule has 33 heavy (non-hydrogen) atoms. The molecule has 0 saturated carbocycles. The highest BCUT2D eigenvalue weighted by Gasteiger charge is 2.36. The van der Waals surface area contributed by atoms with E-state index in [4.69, 9.17) is 4.74 Å². The van der Waals surface area contributed by atoms with E-state index in [9.17, 15) is 14.7 Å². The van der Waals surface area contributed by atoms with Gasteiger partial charge in [-0.3, -0.25) is 9.59 Å². The molecule has 1 aliphatic heterocycles. The second-order valence-corrected chi connectivity index (χ2v) is 11.7. The number of thiazole rings is 1. The Kier molecular flexibility index (Phi) is 10.8. The molecule has 0 saturated heterocycles. The van der Waals surface area contributed by atoms with Crippen LogP contribution in [0.5, 0.6) is 0 Å². The van der Waals surface area contributed by atoms with Crippen LogP contribution in [0.25, 0.3) is 6.08 Å². The molecule has 1 aliphatic rings. The summed E-state index contributed by atoms with van der Waals surface area (Å²) in [7, 11) is 0. The largest absolute Gasteiger partial charge is 0.457 e. The van der Waals surface area contributed by atoms with Gasteiger partial charge in [0.25, 0.3) is 0 Å². The van der Waals surface area contributed by atoms with Gasteiger partial charge in [-0.2, -0.15) is 0 Å². The predicted molar refractivity (Wildman–Crippen MR) is 137 cm³/mol. The fourth-order valence-electron chi connectivity index (χ4n) is 4.17. The third-order valence-electron chi connectivity index (χ3n) is 6.51. The van der Waals surface area contributed by atoms with Crippen molar-refractivity contribution in [2.24, 2.45) is 17.3 Å². The summed E-state index contributed by atoms with van der Waals surface area (Å²) >= 11 is 3.22. The summed E-state index contributed by atoms with van der Waals surface area (Å²) in [6, 6.07) is 0. The van der Waals surface area contributed by atoms with Crippen LogP contribution in [0, 0.1) is 17.3 Å². The minimum atomic E-state index is -0.703. The number of carbonyl (C=O) groups is 2. The molecule has 7 heteroatoms. The lowest BCUT2D eigenvalue weighted by Crippen LogP contribution is -2.39. The number of Topliss-reactive ketones (excluding diaryl/α,β-unsaturated/α-hetero) is 1. The Morgan fingerprint density at radius 3 is 2.70 bits per heavy atom. The predicted octanol–water partition coefficient (Wildman–Crippen LogP) is 6.32. The molecule has 0 bridgehead atoms. The normalized spacial score (nSPS) is 29.5. The summed E-state index contributed by atoms with van der Waals surface area (Å²) in [6.45, 7) is 9.50. The zero-order chi connectivity index (χ0) is 24.6. The number of thioether (sulfide) groups is 1. The lowest BCUT2D eigenvalue weighted by atomic mass is 9.74. The van der Waals surface area contributed by atoms with Gasteiger partial charge in [0.15, 0.2) is 0 Å². The SMILES string of the molecule is CSc1nc(/C=C(\C)C2C/C=C\CCC[C@H](C)C(O)[C@@H](C)C(=O)C(C)(C)CCC(=O)O2)cs1. The van der Waals surface area contributed by atoms with Crippen molar-refractivity contribution in [2.45, 2.75) is 89.7 Å². The summed E-state index contributed by atoms with van der Waals surface area (Å²) in [5.41, 5.74) is 1.13. The standard InChI is InChI=1S/C26H39NO4S2/c1-17-11-9-7-8-10-12-21(18(2)15-20-16-33-25(27-20)32-6)31-22(28)13-14-26(4,5)24(30)19(3)23(17)29/h8,10,15-17,19,21,23,29H,7,9,11-14H2,1-6H3/b10-8-,18-15+/t17-,19+,21?,23?/m0/s1. The van der Waals surface area contributed by atoms with Gasteiger partial charge in [0.1, 0.15) is 16.2 Å². The van der Waals surface area contributed by atoms with Crippen LogP contribution in [-0.4, -0.2) is 40.3 Å². The van der Waals surface area contributed by atoms with Gasteiger partial charge in [-0.1, -0.05) is 51.6 Å². The molecular formula is C26H39NO4S2. The van der Waals surface area contributed by atoms with Gasteiger partial charge in [0, 0.05) is 29.6 Å². The maximum absolute atomic E-state index is 13.1. The molecule has 4 atom stereocenters. The van der Waals surface area contributed by atoms with Crippen LogP contribution < -0.4 is 0 Å². The van der Waals surface area contributed by atoms with Gasteiger partial charge in [-0.15, -0.1) is 11.3 Å². The number of cyclic esters (lactones) is 1. The van der Waals surface area contributed by atoms with E-state index in [0.29, 0.717) is 12.8 Å². The van der Waals surface area contributed by atoms with Gasteiger partial charge >= 0.3 is 5.97 Å². The summed E-state index contributed by atoms with van der Waals surface area (Å²) in [5.74, 6) is -0.717. The molecule has 2 rings (SSSR count). The topological polar surface area (TPSA) is 76.5 Å². The fraction of sp³-hybridized carbons (Fsp3) is 0.654. The smallest absolute Gasteiger partial charge is 0.306 e. The molecule has 5 nitrogen and oxygen atoms in total. The Labute approximate surface area is 207 Å². The number of aliphatic hydroxyl groups is 1. The number of rotatable bonds is 3. The number of nitrogens with zero attached hydrogens (tertiary/aromatic N) is 1. The zero-order valence-electron chi connectivity index (χ0n) is 20.8. The van der Waals surface area contributed by atoms with E-state index in [-0.39, 0.29) is 30.2 Å². The number of hydrogen-bond donors (Lipinski definition) is 1. The molecule has 0 fully saturated rings. The Morgan fingerprint density at radius 1 is 1.30 bits per heavy atom. The van der Waals surface area contributed by atoms with Crippen LogP contribution in [0.2, 0.25) is 0 Å². The van der Waals surface area contributed by atoms with Gasteiger partial charge < -0.3 is 9.84 Å². The van der Waals surface area contributed by atoms with Crippen molar-refractivity contribution >= 4 is 40.9 Å². The van der Waals surface area contributed by atoms with E-state index in [1.54, 1.807) is 30.0 Å². The minimum absolute atomic E-state index is 0.00222. The fourth-order valence-corrected chi connectivity index (χ4v) is 5.39. The first-order chi connectivity index (χ1) is 15.5. The molecular weight excluding hydrogens is 454 g/mol. The Morgan fingerprint density at radius 2 is 2.03 bits per heavy atom. The lowest BCUT2D eigenvalue weighted by Gasteiger charge is -2.31. The zero-order valence-corrected chi connectivity index (χ0v) is 22.4. The third kappa shape index (κ3) is 8.37. The molecule has 2 heterocycles. The van der Waals surface area contributed by atoms with Gasteiger partial charge in [0.05, 0.1) is 11.8 Å². The average Bonchev–Trinajstić information content (AvgIpc) is 3.24. The quantitative estimate of drug-likeness (QED) is 0.302. The third-order valence-corrected chi connectivity index (χ3v) is 8.39. The highest BCUT2D eigenvalue weighted by Crippen LogP contribution is 2.32. The van der Waals surface area contributed by atoms with E-state index >= 15 is 0 Å². The van der Waals surface area contributed by atoms with Crippen LogP contribution in [0.1, 0.15) is 78.8 Å². The first-order valence-electron chi connectivity index (χ1n) is 11.8. The maximum Gasteiger partial charge on any atom is 0.306 e. The molecule has 0 radical (unpaired) electrons. The molecule has 0 amide bonds. The van der Waals surface area contributed by atoms with Crippen molar-refractivity contribution in [3.63, 3.8) is 0 Å². The molecule has 0 aromatic carbocycles. The number of ether oxygens (including phenoxy) is 1. The van der Waals surface area contributed by atoms with E-state index in [1.165, 1.54) is 0 Å². The van der Waals surface area contributed by atoms with E-state index in [2.05, 4.69) is 17.1 Å². The summed E-state index contributed by atoms with van der Waals surface area (Å²) < 4.78 is 6.87. The molecule has 2 unspecified atom stereocenters. The van der Waals surface area contributed by atoms with E-state index < -0.39 is 17.4 Å². The number of aromatic nitrogens is 1. The second kappa shape index (κ2) is 12.9. The molecule has 1 aromatic rings. The highest BCUT2D eigenvalue weighted by molar-refractivity contribution is 8.00. The minimum Gasteiger partial charge on any atom is -0.457 e. The van der Waals surface area contributed by atoms with Crippen LogP contribution in [0.15, 0.2) is 27.4 Å². The molecule has 0 spiro atoms. The van der Waals surface area contributed by atoms with Gasteiger partial charge in [0.2, 0.25) is 0 Å². The summed E-state index contributed by atoms with van der Waals surface area (Å²) in [5, 5.41) is 12.7. The average molecular weight is 494 g/mol. The van der Waals surface area contributed by atoms with E-state index in [0.717, 1.165) is 34.9 Å². The molecule has 1 aromatic heterocycles.